The van der Waals surface area contributed by atoms with Gasteiger partial charge in [0.2, 0.25) is 0 Å². The Bertz CT molecular complexity index is 845. The minimum atomic E-state index is -0.305. The van der Waals surface area contributed by atoms with Crippen molar-refractivity contribution >= 4 is 29.1 Å². The molecule has 26 heavy (non-hydrogen) atoms. The van der Waals surface area contributed by atoms with Crippen LogP contribution in [0, 0.1) is 6.92 Å². The van der Waals surface area contributed by atoms with Crippen LogP contribution in [0.3, 0.4) is 0 Å². The maximum absolute atomic E-state index is 12.8. The first-order valence-corrected chi connectivity index (χ1v) is 8.92. The second kappa shape index (κ2) is 7.79. The highest BCUT2D eigenvalue weighted by atomic mass is 35.5. The summed E-state index contributed by atoms with van der Waals surface area (Å²) in [7, 11) is 1.57. The van der Waals surface area contributed by atoms with E-state index in [1.165, 1.54) is 0 Å². The maximum Gasteiger partial charge on any atom is 0.256 e. The van der Waals surface area contributed by atoms with Crippen LogP contribution in [-0.2, 0) is 0 Å². The van der Waals surface area contributed by atoms with E-state index in [2.05, 4.69) is 5.32 Å². The molecule has 0 spiro atoms. The van der Waals surface area contributed by atoms with Gasteiger partial charge >= 0.3 is 0 Å². The molecular weight excluding hydrogens is 352 g/mol. The van der Waals surface area contributed by atoms with Gasteiger partial charge < -0.3 is 15.0 Å². The lowest BCUT2D eigenvalue weighted by Crippen LogP contribution is -2.28. The summed E-state index contributed by atoms with van der Waals surface area (Å²) in [5, 5.41) is 3.29. The fourth-order valence-electron chi connectivity index (χ4n) is 3.05. The SMILES string of the molecule is COc1cc(C(=O)Nc2ccc(Cl)cc2C(=O)N2CCCC2)ccc1C. The van der Waals surface area contributed by atoms with Crippen LogP contribution in [0.2, 0.25) is 5.02 Å². The van der Waals surface area contributed by atoms with Gasteiger partial charge in [-0.1, -0.05) is 17.7 Å². The van der Waals surface area contributed by atoms with E-state index in [0.717, 1.165) is 31.5 Å². The van der Waals surface area contributed by atoms with Crippen molar-refractivity contribution in [2.75, 3.05) is 25.5 Å². The summed E-state index contributed by atoms with van der Waals surface area (Å²) in [4.78, 5) is 27.2. The Balaban J connectivity index is 1.87. The first-order chi connectivity index (χ1) is 12.5. The van der Waals surface area contributed by atoms with Crippen molar-refractivity contribution in [2.45, 2.75) is 19.8 Å². The summed E-state index contributed by atoms with van der Waals surface area (Å²) >= 11 is 6.08. The first kappa shape index (κ1) is 18.3. The van der Waals surface area contributed by atoms with Crippen LogP contribution in [-0.4, -0.2) is 36.9 Å². The number of carbonyl (C=O) groups is 2. The van der Waals surface area contributed by atoms with Crippen LogP contribution >= 0.6 is 11.6 Å². The molecule has 5 nitrogen and oxygen atoms in total. The summed E-state index contributed by atoms with van der Waals surface area (Å²) < 4.78 is 5.27. The predicted octanol–water partition coefficient (Wildman–Crippen LogP) is 4.15. The van der Waals surface area contributed by atoms with Gasteiger partial charge in [0.1, 0.15) is 5.75 Å². The van der Waals surface area contributed by atoms with Crippen molar-refractivity contribution in [3.05, 3.63) is 58.1 Å². The zero-order valence-corrected chi connectivity index (χ0v) is 15.6. The maximum atomic E-state index is 12.8. The van der Waals surface area contributed by atoms with E-state index in [-0.39, 0.29) is 11.8 Å². The Morgan fingerprint density at radius 1 is 1.12 bits per heavy atom. The van der Waals surface area contributed by atoms with Gasteiger partial charge in [-0.25, -0.2) is 0 Å². The Morgan fingerprint density at radius 3 is 2.54 bits per heavy atom. The van der Waals surface area contributed by atoms with Gasteiger partial charge in [-0.3, -0.25) is 9.59 Å². The normalized spacial score (nSPS) is 13.6. The van der Waals surface area contributed by atoms with Gasteiger partial charge in [0.05, 0.1) is 18.4 Å². The van der Waals surface area contributed by atoms with Crippen molar-refractivity contribution < 1.29 is 14.3 Å². The van der Waals surface area contributed by atoms with Gasteiger partial charge in [0.25, 0.3) is 11.8 Å². The molecule has 0 aromatic heterocycles. The molecular formula is C20H21ClN2O3. The number of nitrogens with zero attached hydrogens (tertiary/aromatic N) is 1. The highest BCUT2D eigenvalue weighted by Crippen LogP contribution is 2.25. The Hall–Kier alpha value is -2.53. The first-order valence-electron chi connectivity index (χ1n) is 8.54. The molecule has 2 aromatic carbocycles. The molecule has 2 aromatic rings. The lowest BCUT2D eigenvalue weighted by molar-refractivity contribution is 0.0794. The van der Waals surface area contributed by atoms with Crippen LogP contribution in [0.1, 0.15) is 39.1 Å². The monoisotopic (exact) mass is 372 g/mol. The van der Waals surface area contributed by atoms with Crippen molar-refractivity contribution in [1.82, 2.24) is 4.90 Å². The Labute approximate surface area is 157 Å². The molecule has 0 unspecified atom stereocenters. The number of hydrogen-bond acceptors (Lipinski definition) is 3. The fraction of sp³-hybridized carbons (Fsp3) is 0.300. The predicted molar refractivity (Wildman–Crippen MR) is 102 cm³/mol. The third-order valence-corrected chi connectivity index (χ3v) is 4.76. The molecule has 1 aliphatic rings. The number of methoxy groups -OCH3 is 1. The van der Waals surface area contributed by atoms with E-state index in [9.17, 15) is 9.59 Å². The molecule has 0 bridgehead atoms. The number of anilines is 1. The van der Waals surface area contributed by atoms with Crippen molar-refractivity contribution in [1.29, 1.82) is 0 Å². The summed E-state index contributed by atoms with van der Waals surface area (Å²) in [5.41, 5.74) is 2.27. The van der Waals surface area contributed by atoms with Gasteiger partial charge in [0, 0.05) is 23.7 Å². The molecule has 1 N–H and O–H groups in total. The topological polar surface area (TPSA) is 58.6 Å². The minimum Gasteiger partial charge on any atom is -0.496 e. The summed E-state index contributed by atoms with van der Waals surface area (Å²) in [6.45, 7) is 3.37. The molecule has 6 heteroatoms. The number of hydrogen-bond donors (Lipinski definition) is 1. The number of ether oxygens (including phenoxy) is 1. The Morgan fingerprint density at radius 2 is 1.85 bits per heavy atom. The van der Waals surface area contributed by atoms with Crippen LogP contribution in [0.25, 0.3) is 0 Å². The number of amides is 2. The van der Waals surface area contributed by atoms with Gasteiger partial charge in [0.15, 0.2) is 0 Å². The van der Waals surface area contributed by atoms with E-state index in [4.69, 9.17) is 16.3 Å². The molecule has 136 valence electrons. The number of likely N-dealkylation sites (tertiary alicyclic amines) is 1. The lowest BCUT2D eigenvalue weighted by Gasteiger charge is -2.18. The van der Waals surface area contributed by atoms with Crippen LogP contribution in [0.5, 0.6) is 5.75 Å². The zero-order valence-electron chi connectivity index (χ0n) is 14.8. The number of halogens is 1. The third-order valence-electron chi connectivity index (χ3n) is 4.52. The molecule has 0 radical (unpaired) electrons. The van der Waals surface area contributed by atoms with E-state index < -0.39 is 0 Å². The smallest absolute Gasteiger partial charge is 0.256 e. The van der Waals surface area contributed by atoms with Crippen molar-refractivity contribution in [3.63, 3.8) is 0 Å². The lowest BCUT2D eigenvalue weighted by atomic mass is 10.1. The largest absolute Gasteiger partial charge is 0.496 e. The summed E-state index contributed by atoms with van der Waals surface area (Å²) in [5.74, 6) is 0.227. The molecule has 1 aliphatic heterocycles. The van der Waals surface area contributed by atoms with Crippen LogP contribution in [0.15, 0.2) is 36.4 Å². The molecule has 0 saturated carbocycles. The second-order valence-electron chi connectivity index (χ2n) is 6.33. The van der Waals surface area contributed by atoms with E-state index >= 15 is 0 Å². The number of carbonyl (C=O) groups excluding carboxylic acids is 2. The highest BCUT2D eigenvalue weighted by Gasteiger charge is 2.23. The fourth-order valence-corrected chi connectivity index (χ4v) is 3.22. The number of nitrogens with one attached hydrogen (secondary N) is 1. The highest BCUT2D eigenvalue weighted by molar-refractivity contribution is 6.31. The number of rotatable bonds is 4. The van der Waals surface area contributed by atoms with E-state index in [1.54, 1.807) is 42.3 Å². The molecule has 2 amide bonds. The van der Waals surface area contributed by atoms with Gasteiger partial charge in [-0.15, -0.1) is 0 Å². The van der Waals surface area contributed by atoms with E-state index in [1.807, 2.05) is 13.0 Å². The minimum absolute atomic E-state index is 0.109. The quantitative estimate of drug-likeness (QED) is 0.877. The molecule has 1 fully saturated rings. The average molecular weight is 373 g/mol. The third kappa shape index (κ3) is 3.83. The molecule has 1 saturated heterocycles. The number of aryl methyl sites for hydroxylation is 1. The Kier molecular flexibility index (Phi) is 5.47. The summed E-state index contributed by atoms with van der Waals surface area (Å²) in [6, 6.07) is 10.2. The average Bonchev–Trinajstić information content (AvgIpc) is 3.17. The zero-order chi connectivity index (χ0) is 18.7. The van der Waals surface area contributed by atoms with Crippen molar-refractivity contribution in [2.24, 2.45) is 0 Å². The second-order valence-corrected chi connectivity index (χ2v) is 6.76. The van der Waals surface area contributed by atoms with Crippen LogP contribution < -0.4 is 10.1 Å². The van der Waals surface area contributed by atoms with Crippen LogP contribution in [0.4, 0.5) is 5.69 Å². The molecule has 1 heterocycles. The molecule has 0 aliphatic carbocycles. The molecule has 3 rings (SSSR count). The standard InChI is InChI=1S/C20H21ClN2O3/c1-13-5-6-14(11-18(13)26-2)19(24)22-17-8-7-15(21)12-16(17)20(25)23-9-3-4-10-23/h5-8,11-12H,3-4,9-10H2,1-2H3,(H,22,24). The number of benzene rings is 2. The summed E-state index contributed by atoms with van der Waals surface area (Å²) in [6.07, 6.45) is 1.99. The van der Waals surface area contributed by atoms with Gasteiger partial charge in [-0.2, -0.15) is 0 Å². The van der Waals surface area contributed by atoms with E-state index in [0.29, 0.717) is 27.6 Å². The van der Waals surface area contributed by atoms with Crippen molar-refractivity contribution in [3.8, 4) is 5.75 Å². The molecule has 0 atom stereocenters. The van der Waals surface area contributed by atoms with Gasteiger partial charge in [-0.05, 0) is 55.7 Å².